The number of imidazole rings is 1. The second-order valence-corrected chi connectivity index (χ2v) is 11.2. The lowest BCUT2D eigenvalue weighted by molar-refractivity contribution is -0.144. The van der Waals surface area contributed by atoms with Gasteiger partial charge in [0.05, 0.1) is 19.8 Å². The molecule has 0 radical (unpaired) electrons. The van der Waals surface area contributed by atoms with Gasteiger partial charge >= 0.3 is 5.97 Å². The van der Waals surface area contributed by atoms with Crippen molar-refractivity contribution in [1.82, 2.24) is 14.7 Å². The average molecular weight is 568 g/mol. The molecule has 8 heteroatoms. The van der Waals surface area contributed by atoms with Gasteiger partial charge < -0.3 is 23.9 Å². The van der Waals surface area contributed by atoms with Crippen LogP contribution < -0.4 is 14.8 Å². The maximum atomic E-state index is 12.9. The average Bonchev–Trinajstić information content (AvgIpc) is 3.31. The summed E-state index contributed by atoms with van der Waals surface area (Å²) in [6.45, 7) is 3.94. The minimum atomic E-state index is -0.228. The highest BCUT2D eigenvalue weighted by atomic mass is 16.5. The lowest BCUT2D eigenvalue weighted by Crippen LogP contribution is -2.23. The molecule has 1 aliphatic carbocycles. The van der Waals surface area contributed by atoms with Crippen molar-refractivity contribution < 1.29 is 23.8 Å². The SMILES string of the molecule is CCOC(=O)CC1CCC(c2ccc(-c3ccc4nc(C(=O)NCc5ccc6c(c5)OCCCO6)cn4c3)cc2)CC1. The van der Waals surface area contributed by atoms with Gasteiger partial charge in [0.25, 0.3) is 5.91 Å². The number of nitrogens with one attached hydrogen (secondary N) is 1. The molecular weight excluding hydrogens is 530 g/mol. The normalized spacial score (nSPS) is 18.3. The van der Waals surface area contributed by atoms with Crippen LogP contribution in [0.4, 0.5) is 0 Å². The van der Waals surface area contributed by atoms with E-state index in [1.165, 1.54) is 5.56 Å². The molecule has 1 amide bonds. The van der Waals surface area contributed by atoms with Gasteiger partial charge in [-0.15, -0.1) is 0 Å². The van der Waals surface area contributed by atoms with Crippen molar-refractivity contribution >= 4 is 17.5 Å². The van der Waals surface area contributed by atoms with Crippen LogP contribution in [0.5, 0.6) is 11.5 Å². The van der Waals surface area contributed by atoms with Crippen molar-refractivity contribution in [1.29, 1.82) is 0 Å². The summed E-state index contributed by atoms with van der Waals surface area (Å²) < 4.78 is 18.5. The van der Waals surface area contributed by atoms with Gasteiger partial charge in [-0.2, -0.15) is 0 Å². The van der Waals surface area contributed by atoms with Gasteiger partial charge in [0.2, 0.25) is 0 Å². The Morgan fingerprint density at radius 1 is 0.929 bits per heavy atom. The number of benzene rings is 2. The number of fused-ring (bicyclic) bond motifs is 2. The van der Waals surface area contributed by atoms with Crippen molar-refractivity contribution in [3.8, 4) is 22.6 Å². The number of nitrogens with zero attached hydrogens (tertiary/aromatic N) is 2. The predicted octanol–water partition coefficient (Wildman–Crippen LogP) is 6.32. The summed E-state index contributed by atoms with van der Waals surface area (Å²) in [6.07, 6.45) is 9.50. The second-order valence-electron chi connectivity index (χ2n) is 11.2. The zero-order chi connectivity index (χ0) is 28.9. The van der Waals surface area contributed by atoms with E-state index in [9.17, 15) is 9.59 Å². The molecule has 1 fully saturated rings. The van der Waals surface area contributed by atoms with Crippen LogP contribution in [0.1, 0.15) is 73.0 Å². The van der Waals surface area contributed by atoms with Crippen LogP contribution in [0, 0.1) is 5.92 Å². The quantitative estimate of drug-likeness (QED) is 0.251. The number of rotatable bonds is 8. The lowest BCUT2D eigenvalue weighted by atomic mass is 9.77. The fraction of sp³-hybridized carbons (Fsp3) is 0.382. The predicted molar refractivity (Wildman–Crippen MR) is 160 cm³/mol. The smallest absolute Gasteiger partial charge is 0.306 e. The van der Waals surface area contributed by atoms with E-state index in [0.29, 0.717) is 56.1 Å². The molecule has 0 atom stereocenters. The van der Waals surface area contributed by atoms with Crippen LogP contribution >= 0.6 is 0 Å². The highest BCUT2D eigenvalue weighted by Gasteiger charge is 2.24. The molecule has 1 N–H and O–H groups in total. The maximum absolute atomic E-state index is 12.9. The third kappa shape index (κ3) is 6.43. The van der Waals surface area contributed by atoms with Crippen LogP contribution in [-0.2, 0) is 16.1 Å². The molecule has 218 valence electrons. The van der Waals surface area contributed by atoms with Crippen LogP contribution in [0.25, 0.3) is 16.8 Å². The van der Waals surface area contributed by atoms with Gasteiger partial charge in [0.15, 0.2) is 11.5 Å². The Balaban J connectivity index is 1.06. The van der Waals surface area contributed by atoms with Gasteiger partial charge in [-0.25, -0.2) is 4.98 Å². The maximum Gasteiger partial charge on any atom is 0.306 e. The topological polar surface area (TPSA) is 91.2 Å². The monoisotopic (exact) mass is 567 g/mol. The molecule has 42 heavy (non-hydrogen) atoms. The lowest BCUT2D eigenvalue weighted by Gasteiger charge is -2.28. The number of carbonyl (C=O) groups excluding carboxylic acids is 2. The fourth-order valence-electron chi connectivity index (χ4n) is 5.97. The number of esters is 1. The molecule has 3 heterocycles. The largest absolute Gasteiger partial charge is 0.490 e. The molecule has 0 unspecified atom stereocenters. The summed E-state index contributed by atoms with van der Waals surface area (Å²) >= 11 is 0. The van der Waals surface area contributed by atoms with Crippen molar-refractivity contribution in [2.75, 3.05) is 19.8 Å². The number of ether oxygens (including phenoxy) is 3. The molecule has 0 bridgehead atoms. The molecule has 0 spiro atoms. The molecular formula is C34H37N3O5. The van der Waals surface area contributed by atoms with Gasteiger partial charge in [-0.3, -0.25) is 9.59 Å². The van der Waals surface area contributed by atoms with E-state index in [1.54, 1.807) is 6.20 Å². The summed E-state index contributed by atoms with van der Waals surface area (Å²) in [7, 11) is 0. The van der Waals surface area contributed by atoms with Crippen LogP contribution in [0.3, 0.4) is 0 Å². The van der Waals surface area contributed by atoms with Gasteiger partial charge in [-0.05, 0) is 91.0 Å². The van der Waals surface area contributed by atoms with E-state index in [2.05, 4.69) is 34.6 Å². The number of carbonyl (C=O) groups is 2. The third-order valence-electron chi connectivity index (χ3n) is 8.27. The summed E-state index contributed by atoms with van der Waals surface area (Å²) in [4.78, 5) is 29.3. The Bertz CT molecular complexity index is 1550. The van der Waals surface area contributed by atoms with Crippen LogP contribution in [0.2, 0.25) is 0 Å². The first-order chi connectivity index (χ1) is 20.6. The molecule has 6 rings (SSSR count). The fourth-order valence-corrected chi connectivity index (χ4v) is 5.97. The summed E-state index contributed by atoms with van der Waals surface area (Å²) in [6, 6.07) is 18.5. The first-order valence-electron chi connectivity index (χ1n) is 15.0. The zero-order valence-corrected chi connectivity index (χ0v) is 24.0. The van der Waals surface area contributed by atoms with Crippen molar-refractivity contribution in [3.63, 3.8) is 0 Å². The third-order valence-corrected chi connectivity index (χ3v) is 8.27. The molecule has 2 aliphatic rings. The summed E-state index contributed by atoms with van der Waals surface area (Å²) in [5.41, 5.74) is 5.55. The van der Waals surface area contributed by atoms with E-state index in [-0.39, 0.29) is 11.9 Å². The highest BCUT2D eigenvalue weighted by Crippen LogP contribution is 2.38. The Labute approximate surface area is 246 Å². The van der Waals surface area contributed by atoms with Crippen molar-refractivity contribution in [3.05, 3.63) is 83.8 Å². The van der Waals surface area contributed by atoms with E-state index in [4.69, 9.17) is 14.2 Å². The summed E-state index contributed by atoms with van der Waals surface area (Å²) in [5, 5.41) is 2.97. The minimum Gasteiger partial charge on any atom is -0.490 e. The number of amides is 1. The van der Waals surface area contributed by atoms with Gasteiger partial charge in [0.1, 0.15) is 11.3 Å². The van der Waals surface area contributed by atoms with Gasteiger partial charge in [0, 0.05) is 31.8 Å². The Morgan fingerprint density at radius 3 is 2.48 bits per heavy atom. The standard InChI is InChI=1S/C34H37N3O5/c1-2-40-33(38)19-23-4-7-25(8-5-23)26-9-11-27(12-10-26)28-13-15-32-36-29(22-37(32)21-28)34(39)35-20-24-6-14-30-31(18-24)42-17-3-16-41-30/h6,9-15,18,21-23,25H,2-5,7-8,16-17,19-20H2,1H3,(H,35,39). The number of hydrogen-bond acceptors (Lipinski definition) is 6. The second kappa shape index (κ2) is 12.7. The highest BCUT2D eigenvalue weighted by molar-refractivity contribution is 5.92. The van der Waals surface area contributed by atoms with E-state index >= 15 is 0 Å². The van der Waals surface area contributed by atoms with Crippen molar-refractivity contribution in [2.24, 2.45) is 5.92 Å². The molecule has 1 saturated carbocycles. The summed E-state index contributed by atoms with van der Waals surface area (Å²) in [5.74, 6) is 2.12. The molecule has 2 aromatic heterocycles. The van der Waals surface area contributed by atoms with Crippen molar-refractivity contribution in [2.45, 2.75) is 57.9 Å². The Hall–Kier alpha value is -4.33. The van der Waals surface area contributed by atoms with E-state index < -0.39 is 0 Å². The molecule has 1 aliphatic heterocycles. The number of aromatic nitrogens is 2. The zero-order valence-electron chi connectivity index (χ0n) is 24.0. The van der Waals surface area contributed by atoms with E-state index in [1.807, 2.05) is 47.9 Å². The first-order valence-corrected chi connectivity index (χ1v) is 15.0. The molecule has 2 aromatic carbocycles. The number of hydrogen-bond donors (Lipinski definition) is 1. The first kappa shape index (κ1) is 27.8. The van der Waals surface area contributed by atoms with Gasteiger partial charge in [-0.1, -0.05) is 30.3 Å². The molecule has 8 nitrogen and oxygen atoms in total. The number of pyridine rings is 1. The molecule has 0 saturated heterocycles. The van der Waals surface area contributed by atoms with Crippen LogP contribution in [-0.4, -0.2) is 41.1 Å². The Kier molecular flexibility index (Phi) is 8.40. The van der Waals surface area contributed by atoms with E-state index in [0.717, 1.165) is 60.2 Å². The molecule has 4 aromatic rings. The van der Waals surface area contributed by atoms with Crippen LogP contribution in [0.15, 0.2) is 67.0 Å². The Morgan fingerprint density at radius 2 is 1.69 bits per heavy atom. The minimum absolute atomic E-state index is 0.0696.